The molecule has 0 spiro atoms. The van der Waals surface area contributed by atoms with Crippen molar-refractivity contribution in [3.63, 3.8) is 0 Å². The second-order valence-electron chi connectivity index (χ2n) is 7.04. The summed E-state index contributed by atoms with van der Waals surface area (Å²) < 4.78 is 69.2. The molecule has 0 aliphatic carbocycles. The molecule has 0 saturated heterocycles. The highest BCUT2D eigenvalue weighted by Gasteiger charge is 2.52. The number of hydrogen-bond donors (Lipinski definition) is 0. The second-order valence-corrected chi connectivity index (χ2v) is 9.52. The summed E-state index contributed by atoms with van der Waals surface area (Å²) in [7, 11) is -3.95. The standard InChI is InChI=1S/C21H28F4O6Si/c1-4-16(26)29-32(30-17(27)5-2,31-18(28)6-3)12-10-8-7-9-11-14-13-15(22)20(24)21(25)19(14)23/h13H,4-12H2,1-3H3. The zero-order chi connectivity index (χ0) is 24.3. The Kier molecular flexibility index (Phi) is 11.4. The number of carbonyl (C=O) groups excluding carboxylic acids is 3. The van der Waals surface area contributed by atoms with Crippen molar-refractivity contribution in [1.29, 1.82) is 0 Å². The molecular weight excluding hydrogens is 452 g/mol. The molecule has 0 aromatic heterocycles. The minimum absolute atomic E-state index is 0.00153. The lowest BCUT2D eigenvalue weighted by molar-refractivity contribution is -0.150. The van der Waals surface area contributed by atoms with E-state index in [1.54, 1.807) is 20.8 Å². The van der Waals surface area contributed by atoms with E-state index >= 15 is 0 Å². The number of carbonyl (C=O) groups is 3. The van der Waals surface area contributed by atoms with Crippen LogP contribution < -0.4 is 0 Å². The molecule has 0 radical (unpaired) electrons. The molecule has 0 saturated carbocycles. The fourth-order valence-electron chi connectivity index (χ4n) is 2.77. The number of aryl methyl sites for hydroxylation is 1. The Labute approximate surface area is 185 Å². The van der Waals surface area contributed by atoms with Gasteiger partial charge in [-0.3, -0.25) is 14.4 Å². The largest absolute Gasteiger partial charge is 0.705 e. The Balaban J connectivity index is 2.73. The van der Waals surface area contributed by atoms with Gasteiger partial charge in [-0.05, 0) is 30.9 Å². The van der Waals surface area contributed by atoms with Crippen LogP contribution in [0.4, 0.5) is 17.6 Å². The molecule has 11 heteroatoms. The molecule has 6 nitrogen and oxygen atoms in total. The predicted octanol–water partition coefficient (Wildman–Crippen LogP) is 5.14. The van der Waals surface area contributed by atoms with E-state index in [0.717, 1.165) is 0 Å². The highest BCUT2D eigenvalue weighted by atomic mass is 28.4. The number of unbranched alkanes of at least 4 members (excludes halogenated alkanes) is 3. The van der Waals surface area contributed by atoms with E-state index in [2.05, 4.69) is 0 Å². The van der Waals surface area contributed by atoms with Crippen LogP contribution in [0, 0.1) is 23.3 Å². The average molecular weight is 481 g/mol. The van der Waals surface area contributed by atoms with E-state index in [1.807, 2.05) is 0 Å². The molecule has 0 aliphatic heterocycles. The van der Waals surface area contributed by atoms with E-state index in [0.29, 0.717) is 31.7 Å². The second kappa shape index (κ2) is 13.2. The third kappa shape index (κ3) is 8.25. The number of halogens is 4. The average Bonchev–Trinajstić information content (AvgIpc) is 2.77. The Bertz CT molecular complexity index is 772. The van der Waals surface area contributed by atoms with Crippen molar-refractivity contribution in [2.45, 2.75) is 78.2 Å². The molecule has 0 aliphatic rings. The minimum Gasteiger partial charge on any atom is -0.455 e. The van der Waals surface area contributed by atoms with Crippen molar-refractivity contribution in [1.82, 2.24) is 0 Å². The summed E-state index contributed by atoms with van der Waals surface area (Å²) in [5.74, 6) is -8.56. The monoisotopic (exact) mass is 480 g/mol. The van der Waals surface area contributed by atoms with Gasteiger partial charge in [0.1, 0.15) is 0 Å². The Morgan fingerprint density at radius 2 is 1.19 bits per heavy atom. The first-order valence-electron chi connectivity index (χ1n) is 10.6. The minimum atomic E-state index is -3.95. The van der Waals surface area contributed by atoms with Crippen molar-refractivity contribution in [2.24, 2.45) is 0 Å². The molecule has 32 heavy (non-hydrogen) atoms. The Morgan fingerprint density at radius 1 is 0.719 bits per heavy atom. The molecule has 1 aromatic rings. The maximum atomic E-state index is 13.7. The van der Waals surface area contributed by atoms with Crippen LogP contribution >= 0.6 is 0 Å². The smallest absolute Gasteiger partial charge is 0.455 e. The quantitative estimate of drug-likeness (QED) is 0.128. The maximum absolute atomic E-state index is 13.7. The highest BCUT2D eigenvalue weighted by molar-refractivity contribution is 6.65. The van der Waals surface area contributed by atoms with Gasteiger partial charge in [0, 0.05) is 19.3 Å². The van der Waals surface area contributed by atoms with Gasteiger partial charge in [0.25, 0.3) is 17.9 Å². The van der Waals surface area contributed by atoms with Crippen LogP contribution in [0.15, 0.2) is 6.07 Å². The van der Waals surface area contributed by atoms with Gasteiger partial charge in [0.2, 0.25) is 0 Å². The number of rotatable bonds is 13. The Hall–Kier alpha value is -2.43. The van der Waals surface area contributed by atoms with Crippen molar-refractivity contribution < 1.29 is 45.2 Å². The van der Waals surface area contributed by atoms with E-state index < -0.39 is 50.0 Å². The maximum Gasteiger partial charge on any atom is 0.705 e. The normalized spacial score (nSPS) is 11.2. The van der Waals surface area contributed by atoms with Gasteiger partial charge in [-0.25, -0.2) is 17.6 Å². The van der Waals surface area contributed by atoms with Gasteiger partial charge in [-0.15, -0.1) is 0 Å². The van der Waals surface area contributed by atoms with Crippen molar-refractivity contribution in [3.8, 4) is 0 Å². The third-order valence-corrected chi connectivity index (χ3v) is 7.11. The fraction of sp³-hybridized carbons (Fsp3) is 0.571. The van der Waals surface area contributed by atoms with Gasteiger partial charge in [0.05, 0.1) is 6.04 Å². The lowest BCUT2D eigenvalue weighted by Crippen LogP contribution is -2.50. The van der Waals surface area contributed by atoms with Crippen LogP contribution in [0.2, 0.25) is 6.04 Å². The molecule has 0 bridgehead atoms. The first-order valence-corrected chi connectivity index (χ1v) is 12.5. The number of benzene rings is 1. The van der Waals surface area contributed by atoms with Crippen LogP contribution in [0.5, 0.6) is 0 Å². The highest BCUT2D eigenvalue weighted by Crippen LogP contribution is 2.24. The lowest BCUT2D eigenvalue weighted by Gasteiger charge is -2.27. The SMILES string of the molecule is CCC(=O)O[Si](CCCCCCc1cc(F)c(F)c(F)c1F)(OC(=O)CC)OC(=O)CC. The summed E-state index contributed by atoms with van der Waals surface area (Å²) in [6.45, 7) is 4.64. The summed E-state index contributed by atoms with van der Waals surface area (Å²) in [5, 5.41) is 0. The van der Waals surface area contributed by atoms with Crippen LogP contribution in [0.25, 0.3) is 0 Å². The summed E-state index contributed by atoms with van der Waals surface area (Å²) in [5.41, 5.74) is -0.268. The van der Waals surface area contributed by atoms with Crippen LogP contribution in [-0.4, -0.2) is 26.7 Å². The molecule has 180 valence electrons. The molecule has 0 atom stereocenters. The van der Waals surface area contributed by atoms with Gasteiger partial charge in [-0.1, -0.05) is 33.6 Å². The Morgan fingerprint density at radius 3 is 1.66 bits per heavy atom. The predicted molar refractivity (Wildman–Crippen MR) is 108 cm³/mol. The molecule has 0 fully saturated rings. The molecule has 1 aromatic carbocycles. The number of hydrogen-bond acceptors (Lipinski definition) is 6. The molecular formula is C21H28F4O6Si. The van der Waals surface area contributed by atoms with E-state index in [1.165, 1.54) is 0 Å². The topological polar surface area (TPSA) is 78.9 Å². The molecule has 0 amide bonds. The summed E-state index contributed by atoms with van der Waals surface area (Å²) in [4.78, 5) is 35.6. The summed E-state index contributed by atoms with van der Waals surface area (Å²) >= 11 is 0. The van der Waals surface area contributed by atoms with E-state index in [-0.39, 0.29) is 37.3 Å². The summed E-state index contributed by atoms with van der Waals surface area (Å²) in [6.07, 6.45) is 1.65. The summed E-state index contributed by atoms with van der Waals surface area (Å²) in [6, 6.07) is 0.647. The van der Waals surface area contributed by atoms with Gasteiger partial charge in [0.15, 0.2) is 23.3 Å². The van der Waals surface area contributed by atoms with Gasteiger partial charge >= 0.3 is 8.80 Å². The van der Waals surface area contributed by atoms with Crippen molar-refractivity contribution in [2.75, 3.05) is 0 Å². The lowest BCUT2D eigenvalue weighted by atomic mass is 10.1. The first kappa shape index (κ1) is 27.6. The van der Waals surface area contributed by atoms with Gasteiger partial charge in [-0.2, -0.15) is 0 Å². The molecule has 0 unspecified atom stereocenters. The fourth-order valence-corrected chi connectivity index (χ4v) is 5.35. The molecule has 0 N–H and O–H groups in total. The van der Waals surface area contributed by atoms with Crippen LogP contribution in [-0.2, 0) is 34.1 Å². The van der Waals surface area contributed by atoms with Gasteiger partial charge < -0.3 is 13.3 Å². The van der Waals surface area contributed by atoms with E-state index in [4.69, 9.17) is 13.3 Å². The molecule has 0 heterocycles. The molecule has 1 rings (SSSR count). The van der Waals surface area contributed by atoms with Crippen molar-refractivity contribution in [3.05, 3.63) is 34.9 Å². The van der Waals surface area contributed by atoms with Crippen LogP contribution in [0.3, 0.4) is 0 Å². The zero-order valence-electron chi connectivity index (χ0n) is 18.4. The van der Waals surface area contributed by atoms with Crippen molar-refractivity contribution >= 4 is 26.7 Å². The zero-order valence-corrected chi connectivity index (χ0v) is 19.4. The van der Waals surface area contributed by atoms with E-state index in [9.17, 15) is 31.9 Å². The third-order valence-electron chi connectivity index (χ3n) is 4.53. The first-order chi connectivity index (χ1) is 15.1. The van der Waals surface area contributed by atoms with Crippen LogP contribution in [0.1, 0.15) is 71.3 Å².